The lowest BCUT2D eigenvalue weighted by atomic mass is 9.69. The van der Waals surface area contributed by atoms with Gasteiger partial charge in [-0.1, -0.05) is 57.0 Å². The molecule has 0 aromatic heterocycles. The summed E-state index contributed by atoms with van der Waals surface area (Å²) in [6, 6.07) is 12.9. The van der Waals surface area contributed by atoms with Gasteiger partial charge in [-0.25, -0.2) is 8.42 Å². The molecule has 0 spiro atoms. The zero-order valence-corrected chi connectivity index (χ0v) is 19.0. The largest absolute Gasteiger partial charge is 0.493 e. The van der Waals surface area contributed by atoms with Gasteiger partial charge in [-0.2, -0.15) is 0 Å². The molecule has 2 aromatic carbocycles. The van der Waals surface area contributed by atoms with E-state index in [4.69, 9.17) is 9.47 Å². The van der Waals surface area contributed by atoms with Gasteiger partial charge in [0.2, 0.25) is 0 Å². The Kier molecular flexibility index (Phi) is 6.78. The van der Waals surface area contributed by atoms with Crippen LogP contribution in [0.5, 0.6) is 11.5 Å². The number of methoxy groups -OCH3 is 2. The molecule has 0 saturated carbocycles. The highest BCUT2D eigenvalue weighted by atomic mass is 32.2. The van der Waals surface area contributed by atoms with E-state index in [9.17, 15) is 13.5 Å². The highest BCUT2D eigenvalue weighted by molar-refractivity contribution is 7.91. The second kappa shape index (κ2) is 8.98. The third-order valence-corrected chi connectivity index (χ3v) is 8.48. The molecule has 1 aliphatic heterocycles. The summed E-state index contributed by atoms with van der Waals surface area (Å²) >= 11 is 0. The molecule has 0 aliphatic carbocycles. The molecular weight excluding hydrogens is 400 g/mol. The number of aliphatic hydroxyl groups excluding tert-OH is 1. The zero-order chi connectivity index (χ0) is 21.9. The van der Waals surface area contributed by atoms with Gasteiger partial charge in [-0.15, -0.1) is 0 Å². The number of rotatable bonds is 7. The number of hydrogen-bond acceptors (Lipinski definition) is 5. The Morgan fingerprint density at radius 1 is 1.07 bits per heavy atom. The fourth-order valence-electron chi connectivity index (χ4n) is 4.71. The third kappa shape index (κ3) is 3.95. The molecule has 0 amide bonds. The van der Waals surface area contributed by atoms with Crippen molar-refractivity contribution in [1.29, 1.82) is 0 Å². The summed E-state index contributed by atoms with van der Waals surface area (Å²) in [7, 11) is -0.632. The van der Waals surface area contributed by atoms with Crippen LogP contribution in [0.3, 0.4) is 0 Å². The molecule has 3 rings (SSSR count). The first-order valence-electron chi connectivity index (χ1n) is 10.5. The number of hydrogen-bond donors (Lipinski definition) is 1. The van der Waals surface area contributed by atoms with Crippen LogP contribution in [0.1, 0.15) is 56.6 Å². The molecule has 3 atom stereocenters. The molecule has 5 nitrogen and oxygen atoms in total. The van der Waals surface area contributed by atoms with Crippen molar-refractivity contribution in [1.82, 2.24) is 0 Å². The first kappa shape index (κ1) is 22.6. The van der Waals surface area contributed by atoms with Gasteiger partial charge in [0.05, 0.1) is 31.0 Å². The summed E-state index contributed by atoms with van der Waals surface area (Å²) in [5.74, 6) is 0.273. The molecule has 1 heterocycles. The lowest BCUT2D eigenvalue weighted by Gasteiger charge is -2.39. The number of fused-ring (bicyclic) bond motifs is 1. The Bertz CT molecular complexity index is 971. The maximum absolute atomic E-state index is 13.6. The average molecular weight is 433 g/mol. The lowest BCUT2D eigenvalue weighted by Crippen LogP contribution is -2.42. The van der Waals surface area contributed by atoms with E-state index in [-0.39, 0.29) is 10.6 Å². The van der Waals surface area contributed by atoms with E-state index in [1.807, 2.05) is 37.3 Å². The number of unbranched alkanes of at least 4 members (excludes halogenated alkanes) is 1. The molecule has 164 valence electrons. The molecule has 1 aliphatic rings. The highest BCUT2D eigenvalue weighted by Gasteiger charge is 2.49. The first-order valence-corrected chi connectivity index (χ1v) is 12.2. The van der Waals surface area contributed by atoms with Crippen molar-refractivity contribution < 1.29 is 23.0 Å². The minimum absolute atomic E-state index is 0.0799. The number of ether oxygens (including phenoxy) is 2. The van der Waals surface area contributed by atoms with Crippen LogP contribution in [0.2, 0.25) is 0 Å². The monoisotopic (exact) mass is 432 g/mol. The van der Waals surface area contributed by atoms with Gasteiger partial charge in [0.15, 0.2) is 21.3 Å². The maximum Gasteiger partial charge on any atom is 0.179 e. The predicted molar refractivity (Wildman–Crippen MR) is 118 cm³/mol. The molecule has 1 N–H and O–H groups in total. The zero-order valence-electron chi connectivity index (χ0n) is 18.2. The van der Waals surface area contributed by atoms with Crippen LogP contribution in [0.25, 0.3) is 0 Å². The Morgan fingerprint density at radius 3 is 2.27 bits per heavy atom. The Labute approximate surface area is 180 Å². The van der Waals surface area contributed by atoms with Crippen molar-refractivity contribution in [2.45, 2.75) is 56.4 Å². The Morgan fingerprint density at radius 2 is 1.70 bits per heavy atom. The van der Waals surface area contributed by atoms with E-state index in [0.717, 1.165) is 18.4 Å². The summed E-state index contributed by atoms with van der Waals surface area (Å²) in [4.78, 5) is 0.222. The highest BCUT2D eigenvalue weighted by Crippen LogP contribution is 2.50. The quantitative estimate of drug-likeness (QED) is 0.694. The van der Waals surface area contributed by atoms with Crippen LogP contribution in [0.4, 0.5) is 0 Å². The number of sulfone groups is 1. The topological polar surface area (TPSA) is 72.8 Å². The lowest BCUT2D eigenvalue weighted by molar-refractivity contribution is 0.0173. The van der Waals surface area contributed by atoms with Crippen LogP contribution in [0.15, 0.2) is 47.4 Å². The van der Waals surface area contributed by atoms with E-state index in [1.165, 1.54) is 14.2 Å². The molecule has 1 unspecified atom stereocenters. The minimum Gasteiger partial charge on any atom is -0.493 e. The number of aliphatic hydroxyl groups is 1. The molecule has 0 bridgehead atoms. The SMILES string of the molecule is CCCC[C@@]1(CC)CS(=O)(=O)c2cc(OC)c(OC)cc2[C@@H](c2ccccc2)C1O. The summed E-state index contributed by atoms with van der Waals surface area (Å²) in [6.07, 6.45) is 2.21. The van der Waals surface area contributed by atoms with E-state index in [0.29, 0.717) is 29.9 Å². The fraction of sp³-hybridized carbons (Fsp3) is 0.500. The van der Waals surface area contributed by atoms with Gasteiger partial charge in [0.1, 0.15) is 0 Å². The average Bonchev–Trinajstić information content (AvgIpc) is 2.83. The van der Waals surface area contributed by atoms with Crippen molar-refractivity contribution in [2.24, 2.45) is 5.41 Å². The van der Waals surface area contributed by atoms with Crippen molar-refractivity contribution >= 4 is 9.84 Å². The number of benzene rings is 2. The minimum atomic E-state index is -3.66. The summed E-state index contributed by atoms with van der Waals surface area (Å²) < 4.78 is 38.1. The van der Waals surface area contributed by atoms with Gasteiger partial charge in [0.25, 0.3) is 0 Å². The Balaban J connectivity index is 2.34. The van der Waals surface area contributed by atoms with Crippen LogP contribution >= 0.6 is 0 Å². The van der Waals surface area contributed by atoms with Gasteiger partial charge in [-0.05, 0) is 30.0 Å². The summed E-state index contributed by atoms with van der Waals surface area (Å²) in [5, 5.41) is 11.8. The van der Waals surface area contributed by atoms with Gasteiger partial charge in [0, 0.05) is 17.4 Å². The fourth-order valence-corrected chi connectivity index (χ4v) is 6.98. The predicted octanol–water partition coefficient (Wildman–Crippen LogP) is 4.57. The second-order valence-electron chi connectivity index (χ2n) is 8.16. The van der Waals surface area contributed by atoms with Crippen molar-refractivity contribution in [2.75, 3.05) is 20.0 Å². The first-order chi connectivity index (χ1) is 14.3. The van der Waals surface area contributed by atoms with E-state index < -0.39 is 27.3 Å². The van der Waals surface area contributed by atoms with Crippen molar-refractivity contribution in [3.8, 4) is 11.5 Å². The molecule has 0 saturated heterocycles. The van der Waals surface area contributed by atoms with E-state index in [1.54, 1.807) is 12.1 Å². The van der Waals surface area contributed by atoms with Crippen LogP contribution in [-0.2, 0) is 9.84 Å². The molecule has 0 fully saturated rings. The van der Waals surface area contributed by atoms with Crippen molar-refractivity contribution in [3.05, 3.63) is 53.6 Å². The molecule has 0 radical (unpaired) electrons. The molecular formula is C24H32O5S. The molecule has 2 aromatic rings. The van der Waals surface area contributed by atoms with Crippen molar-refractivity contribution in [3.63, 3.8) is 0 Å². The second-order valence-corrected chi connectivity index (χ2v) is 10.1. The van der Waals surface area contributed by atoms with Gasteiger partial charge in [-0.3, -0.25) is 0 Å². The standard InChI is InChI=1S/C24H32O5S/c1-5-7-13-24(6-2)16-30(26,27)21-15-20(29-4)19(28-3)14-18(21)22(23(24)25)17-11-9-8-10-12-17/h8-12,14-15,22-23,25H,5-7,13,16H2,1-4H3/t22-,23?,24+/m1/s1. The maximum atomic E-state index is 13.6. The molecule has 30 heavy (non-hydrogen) atoms. The third-order valence-electron chi connectivity index (χ3n) is 6.50. The molecule has 6 heteroatoms. The van der Waals surface area contributed by atoms with Crippen LogP contribution in [-0.4, -0.2) is 39.6 Å². The Hall–Kier alpha value is -2.05. The van der Waals surface area contributed by atoms with E-state index in [2.05, 4.69) is 6.92 Å². The van der Waals surface area contributed by atoms with Gasteiger partial charge >= 0.3 is 0 Å². The van der Waals surface area contributed by atoms with Crippen LogP contribution < -0.4 is 9.47 Å². The van der Waals surface area contributed by atoms with E-state index >= 15 is 0 Å². The van der Waals surface area contributed by atoms with Crippen LogP contribution in [0, 0.1) is 5.41 Å². The normalized spacial score (nSPS) is 25.2. The van der Waals surface area contributed by atoms with Gasteiger partial charge < -0.3 is 14.6 Å². The summed E-state index contributed by atoms with van der Waals surface area (Å²) in [5.41, 5.74) is 0.734. The smallest absolute Gasteiger partial charge is 0.179 e. The summed E-state index contributed by atoms with van der Waals surface area (Å²) in [6.45, 7) is 4.06.